The SMILES string of the molecule is CN(Cc1cccs1)C(=O)c1nnsc1-c1ccc(Cl)cc1. The molecule has 0 N–H and O–H groups in total. The van der Waals surface area contributed by atoms with Gasteiger partial charge in [0.15, 0.2) is 5.69 Å². The van der Waals surface area contributed by atoms with Crippen molar-refractivity contribution in [2.75, 3.05) is 7.05 Å². The van der Waals surface area contributed by atoms with Crippen molar-refractivity contribution >= 4 is 40.4 Å². The molecule has 1 aromatic carbocycles. The van der Waals surface area contributed by atoms with E-state index in [2.05, 4.69) is 9.59 Å². The topological polar surface area (TPSA) is 46.1 Å². The Labute approximate surface area is 141 Å². The molecule has 0 atom stereocenters. The summed E-state index contributed by atoms with van der Waals surface area (Å²) < 4.78 is 3.94. The third kappa shape index (κ3) is 3.19. The van der Waals surface area contributed by atoms with Crippen molar-refractivity contribution in [1.82, 2.24) is 14.5 Å². The van der Waals surface area contributed by atoms with Gasteiger partial charge in [-0.15, -0.1) is 16.4 Å². The average Bonchev–Trinajstić information content (AvgIpc) is 3.18. The first-order valence-electron chi connectivity index (χ1n) is 6.51. The van der Waals surface area contributed by atoms with Crippen molar-refractivity contribution in [1.29, 1.82) is 0 Å². The maximum absolute atomic E-state index is 12.6. The lowest BCUT2D eigenvalue weighted by molar-refractivity contribution is 0.0781. The zero-order valence-corrected chi connectivity index (χ0v) is 14.1. The number of benzene rings is 1. The third-order valence-electron chi connectivity index (χ3n) is 3.12. The van der Waals surface area contributed by atoms with Gasteiger partial charge in [-0.3, -0.25) is 4.79 Å². The molecule has 0 aliphatic carbocycles. The van der Waals surface area contributed by atoms with Crippen LogP contribution in [0.25, 0.3) is 10.4 Å². The Hall–Kier alpha value is -1.76. The minimum atomic E-state index is -0.132. The predicted molar refractivity (Wildman–Crippen MR) is 90.5 cm³/mol. The first-order chi connectivity index (χ1) is 10.6. The van der Waals surface area contributed by atoms with E-state index in [1.54, 1.807) is 35.4 Å². The Morgan fingerprint density at radius 1 is 1.27 bits per heavy atom. The van der Waals surface area contributed by atoms with Crippen LogP contribution in [0.15, 0.2) is 41.8 Å². The standard InChI is InChI=1S/C15H12ClN3OS2/c1-19(9-12-3-2-8-21-12)15(20)13-14(22-18-17-13)10-4-6-11(16)7-5-10/h2-8H,9H2,1H3. The van der Waals surface area contributed by atoms with E-state index in [9.17, 15) is 4.79 Å². The molecule has 2 aromatic heterocycles. The van der Waals surface area contributed by atoms with Crippen LogP contribution in [-0.4, -0.2) is 27.4 Å². The highest BCUT2D eigenvalue weighted by molar-refractivity contribution is 7.10. The summed E-state index contributed by atoms with van der Waals surface area (Å²) >= 11 is 8.74. The Bertz CT molecular complexity index is 768. The van der Waals surface area contributed by atoms with E-state index in [4.69, 9.17) is 11.6 Å². The van der Waals surface area contributed by atoms with Gasteiger partial charge in [-0.25, -0.2) is 0 Å². The van der Waals surface area contributed by atoms with Gasteiger partial charge in [0.05, 0.1) is 11.4 Å². The molecule has 0 saturated heterocycles. The summed E-state index contributed by atoms with van der Waals surface area (Å²) in [6, 6.07) is 11.3. The number of rotatable bonds is 4. The maximum atomic E-state index is 12.6. The molecule has 3 rings (SSSR count). The van der Waals surface area contributed by atoms with Crippen molar-refractivity contribution in [2.24, 2.45) is 0 Å². The minimum absolute atomic E-state index is 0.132. The summed E-state index contributed by atoms with van der Waals surface area (Å²) in [7, 11) is 1.77. The Morgan fingerprint density at radius 3 is 2.73 bits per heavy atom. The lowest BCUT2D eigenvalue weighted by Crippen LogP contribution is -2.26. The minimum Gasteiger partial charge on any atom is -0.335 e. The van der Waals surface area contributed by atoms with Gasteiger partial charge in [0.2, 0.25) is 0 Å². The van der Waals surface area contributed by atoms with E-state index in [1.807, 2.05) is 29.6 Å². The summed E-state index contributed by atoms with van der Waals surface area (Å²) in [5.41, 5.74) is 1.28. The largest absolute Gasteiger partial charge is 0.335 e. The molecular formula is C15H12ClN3OS2. The number of carbonyl (C=O) groups excluding carboxylic acids is 1. The number of halogens is 1. The predicted octanol–water partition coefficient (Wildman–Crippen LogP) is 4.19. The number of hydrogen-bond acceptors (Lipinski definition) is 5. The molecule has 2 heterocycles. The van der Waals surface area contributed by atoms with Crippen LogP contribution >= 0.6 is 34.5 Å². The van der Waals surface area contributed by atoms with Gasteiger partial charge >= 0.3 is 0 Å². The van der Waals surface area contributed by atoms with Gasteiger partial charge in [0.1, 0.15) is 0 Å². The first-order valence-corrected chi connectivity index (χ1v) is 8.54. The fraction of sp³-hybridized carbons (Fsp3) is 0.133. The molecule has 0 saturated carbocycles. The summed E-state index contributed by atoms with van der Waals surface area (Å²) in [5, 5.41) is 6.67. The molecule has 0 spiro atoms. The third-order valence-corrected chi connectivity index (χ3v) is 5.00. The monoisotopic (exact) mass is 349 g/mol. The number of amides is 1. The zero-order valence-electron chi connectivity index (χ0n) is 11.7. The fourth-order valence-corrected chi connectivity index (χ4v) is 3.55. The molecule has 4 nitrogen and oxygen atoms in total. The van der Waals surface area contributed by atoms with Crippen LogP contribution in [0.3, 0.4) is 0 Å². The second-order valence-corrected chi connectivity index (χ2v) is 6.92. The lowest BCUT2D eigenvalue weighted by atomic mass is 10.1. The Kier molecular flexibility index (Phi) is 4.52. The van der Waals surface area contributed by atoms with E-state index >= 15 is 0 Å². The molecule has 112 valence electrons. The van der Waals surface area contributed by atoms with Gasteiger partial charge in [0.25, 0.3) is 5.91 Å². The second kappa shape index (κ2) is 6.56. The van der Waals surface area contributed by atoms with Crippen molar-refractivity contribution in [3.63, 3.8) is 0 Å². The number of carbonyl (C=O) groups is 1. The van der Waals surface area contributed by atoms with Gasteiger partial charge in [-0.05, 0) is 40.7 Å². The normalized spacial score (nSPS) is 10.6. The Morgan fingerprint density at radius 2 is 2.05 bits per heavy atom. The van der Waals surface area contributed by atoms with E-state index in [0.29, 0.717) is 17.3 Å². The van der Waals surface area contributed by atoms with E-state index in [0.717, 1.165) is 15.3 Å². The molecular weight excluding hydrogens is 338 g/mol. The molecule has 0 aliphatic rings. The van der Waals surface area contributed by atoms with Gasteiger partial charge in [0, 0.05) is 16.9 Å². The fourth-order valence-electron chi connectivity index (χ4n) is 2.01. The lowest BCUT2D eigenvalue weighted by Gasteiger charge is -2.15. The summed E-state index contributed by atoms with van der Waals surface area (Å²) in [5.74, 6) is -0.132. The van der Waals surface area contributed by atoms with Crippen LogP contribution in [0.1, 0.15) is 15.4 Å². The summed E-state index contributed by atoms with van der Waals surface area (Å²) in [4.78, 5) is 16.2. The average molecular weight is 350 g/mol. The van der Waals surface area contributed by atoms with Crippen LogP contribution in [-0.2, 0) is 6.54 Å². The summed E-state index contributed by atoms with van der Waals surface area (Å²) in [6.07, 6.45) is 0. The molecule has 1 amide bonds. The highest BCUT2D eigenvalue weighted by atomic mass is 35.5. The second-order valence-electron chi connectivity index (χ2n) is 4.70. The quantitative estimate of drug-likeness (QED) is 0.709. The molecule has 3 aromatic rings. The van der Waals surface area contributed by atoms with Crippen molar-refractivity contribution in [2.45, 2.75) is 6.54 Å². The van der Waals surface area contributed by atoms with Crippen molar-refractivity contribution < 1.29 is 4.79 Å². The zero-order chi connectivity index (χ0) is 15.5. The molecule has 0 radical (unpaired) electrons. The first kappa shape index (κ1) is 15.1. The molecule has 0 unspecified atom stereocenters. The van der Waals surface area contributed by atoms with Gasteiger partial charge < -0.3 is 4.90 Å². The number of aromatic nitrogens is 2. The maximum Gasteiger partial charge on any atom is 0.276 e. The number of nitrogens with zero attached hydrogens (tertiary/aromatic N) is 3. The summed E-state index contributed by atoms with van der Waals surface area (Å²) in [6.45, 7) is 0.564. The van der Waals surface area contributed by atoms with Crippen LogP contribution in [0.4, 0.5) is 0 Å². The molecule has 0 aliphatic heterocycles. The smallest absolute Gasteiger partial charge is 0.276 e. The van der Waals surface area contributed by atoms with Crippen LogP contribution < -0.4 is 0 Å². The van der Waals surface area contributed by atoms with E-state index in [1.165, 1.54) is 11.5 Å². The van der Waals surface area contributed by atoms with Crippen LogP contribution in [0, 0.1) is 0 Å². The van der Waals surface area contributed by atoms with Crippen molar-refractivity contribution in [3.05, 3.63) is 57.4 Å². The molecule has 0 bridgehead atoms. The molecule has 7 heteroatoms. The van der Waals surface area contributed by atoms with E-state index < -0.39 is 0 Å². The van der Waals surface area contributed by atoms with Gasteiger partial charge in [-0.1, -0.05) is 34.3 Å². The number of thiophene rings is 1. The molecule has 0 fully saturated rings. The molecule has 22 heavy (non-hydrogen) atoms. The Balaban J connectivity index is 1.84. The van der Waals surface area contributed by atoms with Gasteiger partial charge in [-0.2, -0.15) is 0 Å². The highest BCUT2D eigenvalue weighted by Gasteiger charge is 2.21. The van der Waals surface area contributed by atoms with Crippen LogP contribution in [0.5, 0.6) is 0 Å². The highest BCUT2D eigenvalue weighted by Crippen LogP contribution is 2.28. The van der Waals surface area contributed by atoms with E-state index in [-0.39, 0.29) is 5.91 Å². The number of hydrogen-bond donors (Lipinski definition) is 0. The van der Waals surface area contributed by atoms with Crippen LogP contribution in [0.2, 0.25) is 5.02 Å². The van der Waals surface area contributed by atoms with Crippen molar-refractivity contribution in [3.8, 4) is 10.4 Å².